The molecule has 0 radical (unpaired) electrons. The smallest absolute Gasteiger partial charge is 0.0542 e. The summed E-state index contributed by atoms with van der Waals surface area (Å²) in [7, 11) is 0. The van der Waals surface area contributed by atoms with E-state index < -0.39 is 0 Å². The van der Waals surface area contributed by atoms with E-state index in [1.807, 2.05) is 0 Å². The van der Waals surface area contributed by atoms with Crippen LogP contribution in [0.2, 0.25) is 0 Å². The summed E-state index contributed by atoms with van der Waals surface area (Å²) in [6.07, 6.45) is 5.74. The molecule has 0 N–H and O–H groups in total. The molecule has 0 fully saturated rings. The Morgan fingerprint density at radius 3 is 1.31 bits per heavy atom. The molecular formula is C55H42N4. The van der Waals surface area contributed by atoms with Crippen LogP contribution < -0.4 is 9.80 Å². The quantitative estimate of drug-likeness (QED) is 0.153. The topological polar surface area (TPSA) is 16.3 Å². The minimum Gasteiger partial charge on any atom is -0.314 e. The average molecular weight is 759 g/mol. The molecule has 2 heterocycles. The molecule has 0 bridgehead atoms. The Morgan fingerprint density at radius 1 is 0.390 bits per heavy atom. The normalized spacial score (nSPS) is 14.2. The lowest BCUT2D eigenvalue weighted by molar-refractivity contribution is 0.663. The molecule has 0 unspecified atom stereocenters. The van der Waals surface area contributed by atoms with E-state index in [-0.39, 0.29) is 5.92 Å². The molecule has 282 valence electrons. The summed E-state index contributed by atoms with van der Waals surface area (Å²) in [5.74, 6) is 0.268. The molecular weight excluding hydrogens is 717 g/mol. The molecule has 4 heteroatoms. The van der Waals surface area contributed by atoms with Crippen molar-refractivity contribution >= 4 is 66.4 Å². The van der Waals surface area contributed by atoms with Crippen LogP contribution in [0, 0.1) is 5.92 Å². The highest BCUT2D eigenvalue weighted by atomic mass is 15.2. The van der Waals surface area contributed by atoms with E-state index in [1.165, 1.54) is 49.3 Å². The van der Waals surface area contributed by atoms with E-state index in [1.54, 1.807) is 0 Å². The Kier molecular flexibility index (Phi) is 8.48. The third-order valence-corrected chi connectivity index (χ3v) is 11.9. The molecule has 0 saturated carbocycles. The van der Waals surface area contributed by atoms with Gasteiger partial charge in [-0.1, -0.05) is 122 Å². The van der Waals surface area contributed by atoms with Crippen molar-refractivity contribution in [2.45, 2.75) is 13.3 Å². The van der Waals surface area contributed by atoms with Gasteiger partial charge in [-0.2, -0.15) is 0 Å². The molecule has 4 nitrogen and oxygen atoms in total. The Hall–Kier alpha value is -7.56. The van der Waals surface area contributed by atoms with E-state index in [9.17, 15) is 0 Å². The van der Waals surface area contributed by atoms with Crippen LogP contribution in [0.25, 0.3) is 55.0 Å². The predicted octanol–water partition coefficient (Wildman–Crippen LogP) is 14.7. The highest BCUT2D eigenvalue weighted by Crippen LogP contribution is 2.44. The van der Waals surface area contributed by atoms with Gasteiger partial charge in [-0.25, -0.2) is 0 Å². The first-order valence-electron chi connectivity index (χ1n) is 20.5. The van der Waals surface area contributed by atoms with Gasteiger partial charge in [-0.15, -0.1) is 0 Å². The van der Waals surface area contributed by atoms with Gasteiger partial charge in [0.15, 0.2) is 0 Å². The van der Waals surface area contributed by atoms with Gasteiger partial charge < -0.3 is 18.9 Å². The first-order chi connectivity index (χ1) is 29.2. The Balaban J connectivity index is 1.08. The van der Waals surface area contributed by atoms with Gasteiger partial charge in [0.25, 0.3) is 0 Å². The highest BCUT2D eigenvalue weighted by Gasteiger charge is 2.27. The summed E-state index contributed by atoms with van der Waals surface area (Å²) in [5, 5.41) is 4.94. The molecule has 0 amide bonds. The van der Waals surface area contributed by atoms with E-state index in [0.717, 1.165) is 46.2 Å². The summed E-state index contributed by atoms with van der Waals surface area (Å²) in [6.45, 7) is 2.35. The van der Waals surface area contributed by atoms with E-state index in [4.69, 9.17) is 0 Å². The van der Waals surface area contributed by atoms with Crippen molar-refractivity contribution in [3.8, 4) is 11.4 Å². The van der Waals surface area contributed by atoms with Gasteiger partial charge in [-0.05, 0) is 110 Å². The summed E-state index contributed by atoms with van der Waals surface area (Å²) in [5.41, 5.74) is 14.0. The van der Waals surface area contributed by atoms with Crippen molar-refractivity contribution in [2.75, 3.05) is 9.80 Å². The molecule has 1 aliphatic carbocycles. The molecule has 11 rings (SSSR count). The second-order valence-corrected chi connectivity index (χ2v) is 15.5. The largest absolute Gasteiger partial charge is 0.314 e. The lowest BCUT2D eigenvalue weighted by Gasteiger charge is -2.36. The maximum atomic E-state index is 2.48. The SMILES string of the molecule is C[C@@H]1CC=C(N(c2ccccc2)c2ccc3c(c2)c2ccccc2n3-c2ccccc2)C=C1N(c1ccccc1)c1ccc2c(c1)c1ccccc1n2-c1ccccc1. The van der Waals surface area contributed by atoms with Gasteiger partial charge in [0.2, 0.25) is 0 Å². The first kappa shape index (κ1) is 34.7. The average Bonchev–Trinajstić information content (AvgIpc) is 3.81. The van der Waals surface area contributed by atoms with Crippen LogP contribution in [0.5, 0.6) is 0 Å². The number of nitrogens with zero attached hydrogens (tertiary/aromatic N) is 4. The van der Waals surface area contributed by atoms with Crippen LogP contribution in [0.15, 0.2) is 230 Å². The van der Waals surface area contributed by atoms with Crippen molar-refractivity contribution in [2.24, 2.45) is 5.92 Å². The lowest BCUT2D eigenvalue weighted by Crippen LogP contribution is -2.26. The van der Waals surface area contributed by atoms with Crippen molar-refractivity contribution in [3.63, 3.8) is 0 Å². The molecule has 8 aromatic carbocycles. The zero-order valence-electron chi connectivity index (χ0n) is 32.9. The number of aromatic nitrogens is 2. The van der Waals surface area contributed by atoms with Crippen molar-refractivity contribution in [3.05, 3.63) is 230 Å². The summed E-state index contributed by atoms with van der Waals surface area (Å²) >= 11 is 0. The van der Waals surface area contributed by atoms with Crippen LogP contribution in [0.1, 0.15) is 13.3 Å². The molecule has 59 heavy (non-hydrogen) atoms. The minimum absolute atomic E-state index is 0.268. The molecule has 0 spiro atoms. The molecule has 2 aromatic heterocycles. The van der Waals surface area contributed by atoms with Gasteiger partial charge in [0.1, 0.15) is 0 Å². The summed E-state index contributed by atoms with van der Waals surface area (Å²) < 4.78 is 4.77. The monoisotopic (exact) mass is 758 g/mol. The lowest BCUT2D eigenvalue weighted by atomic mass is 9.94. The number of hydrogen-bond donors (Lipinski definition) is 0. The van der Waals surface area contributed by atoms with Crippen LogP contribution in [-0.4, -0.2) is 9.13 Å². The maximum absolute atomic E-state index is 2.48. The molecule has 1 atom stereocenters. The fourth-order valence-electron chi connectivity index (χ4n) is 9.17. The van der Waals surface area contributed by atoms with Crippen LogP contribution >= 0.6 is 0 Å². The molecule has 10 aromatic rings. The van der Waals surface area contributed by atoms with Crippen molar-refractivity contribution in [1.82, 2.24) is 9.13 Å². The Bertz CT molecular complexity index is 3190. The number of para-hydroxylation sites is 6. The number of fused-ring (bicyclic) bond motifs is 6. The number of rotatable bonds is 8. The zero-order valence-corrected chi connectivity index (χ0v) is 32.9. The summed E-state index contributed by atoms with van der Waals surface area (Å²) in [4.78, 5) is 4.91. The fourth-order valence-corrected chi connectivity index (χ4v) is 9.17. The Labute approximate surface area is 344 Å². The summed E-state index contributed by atoms with van der Waals surface area (Å²) in [6, 6.07) is 74.5. The standard InChI is InChI=1S/C55H42N4/c1-39-30-31-46(56(40-18-6-2-7-19-40)44-32-34-53-49(36-44)47-26-14-16-28-51(47)58(53)42-22-10-4-11-23-42)38-55(39)57(41-20-8-3-9-21-41)45-33-35-54-50(37-45)48-27-15-17-29-52(48)59(54)43-24-12-5-13-25-43/h2-29,31-39H,30H2,1H3/t39-/m1/s1. The highest BCUT2D eigenvalue weighted by molar-refractivity contribution is 6.11. The van der Waals surface area contributed by atoms with Gasteiger partial charge in [-0.3, -0.25) is 0 Å². The van der Waals surface area contributed by atoms with E-state index in [0.29, 0.717) is 0 Å². The molecule has 0 saturated heterocycles. The van der Waals surface area contributed by atoms with Crippen LogP contribution in [0.4, 0.5) is 22.7 Å². The molecule has 1 aliphatic rings. The molecule has 0 aliphatic heterocycles. The predicted molar refractivity (Wildman–Crippen MR) is 249 cm³/mol. The van der Waals surface area contributed by atoms with E-state index >= 15 is 0 Å². The number of anilines is 4. The fraction of sp³-hybridized carbons (Fsp3) is 0.0545. The third-order valence-electron chi connectivity index (χ3n) is 11.9. The third kappa shape index (κ3) is 5.92. The van der Waals surface area contributed by atoms with Crippen LogP contribution in [-0.2, 0) is 0 Å². The second kappa shape index (κ2) is 14.4. The second-order valence-electron chi connectivity index (χ2n) is 15.5. The number of benzene rings is 8. The zero-order chi connectivity index (χ0) is 39.3. The van der Waals surface area contributed by atoms with Gasteiger partial charge >= 0.3 is 0 Å². The van der Waals surface area contributed by atoms with Gasteiger partial charge in [0.05, 0.1) is 22.1 Å². The number of allylic oxidation sites excluding steroid dienone is 3. The van der Waals surface area contributed by atoms with E-state index in [2.05, 4.69) is 244 Å². The van der Waals surface area contributed by atoms with Crippen LogP contribution in [0.3, 0.4) is 0 Å². The number of hydrogen-bond acceptors (Lipinski definition) is 2. The maximum Gasteiger partial charge on any atom is 0.0542 e. The van der Waals surface area contributed by atoms with Crippen molar-refractivity contribution in [1.29, 1.82) is 0 Å². The first-order valence-corrected chi connectivity index (χ1v) is 20.5. The van der Waals surface area contributed by atoms with Crippen molar-refractivity contribution < 1.29 is 0 Å². The Morgan fingerprint density at radius 2 is 0.797 bits per heavy atom. The minimum atomic E-state index is 0.268. The van der Waals surface area contributed by atoms with Gasteiger partial charge in [0, 0.05) is 73.0 Å².